The molecule has 3 aromatic rings. The summed E-state index contributed by atoms with van der Waals surface area (Å²) >= 11 is 12.6. The Balaban J connectivity index is 1.72. The largest absolute Gasteiger partial charge is 0.291 e. The van der Waals surface area contributed by atoms with Crippen LogP contribution in [0.3, 0.4) is 0 Å². The molecule has 31 heavy (non-hydrogen) atoms. The van der Waals surface area contributed by atoms with Gasteiger partial charge in [0, 0.05) is 24.7 Å². The van der Waals surface area contributed by atoms with Crippen LogP contribution in [-0.4, -0.2) is 27.8 Å². The minimum absolute atomic E-state index is 0.210. The average Bonchev–Trinajstić information content (AvgIpc) is 3.10. The summed E-state index contributed by atoms with van der Waals surface area (Å²) in [6.45, 7) is 3.98. The lowest BCUT2D eigenvalue weighted by Crippen LogP contribution is -2.44. The number of hydrogen-bond donors (Lipinski definition) is 1. The third kappa shape index (κ3) is 4.04. The molecule has 1 fully saturated rings. The zero-order chi connectivity index (χ0) is 22.0. The van der Waals surface area contributed by atoms with Crippen LogP contribution in [0.5, 0.6) is 0 Å². The molecule has 0 amide bonds. The third-order valence-electron chi connectivity index (χ3n) is 6.27. The summed E-state index contributed by atoms with van der Waals surface area (Å²) in [5.74, 6) is 0. The Hall–Kier alpha value is -2.52. The molecule has 1 aromatic heterocycles. The number of H-pyrrole nitrogens is 1. The molecular formula is C24H24Cl2N4O. The first-order valence-electron chi connectivity index (χ1n) is 10.4. The van der Waals surface area contributed by atoms with Gasteiger partial charge in [-0.25, -0.2) is 0 Å². The minimum Gasteiger partial charge on any atom is -0.291 e. The van der Waals surface area contributed by atoms with Gasteiger partial charge in [0.15, 0.2) is 0 Å². The zero-order valence-electron chi connectivity index (χ0n) is 17.3. The van der Waals surface area contributed by atoms with Crippen LogP contribution in [0.2, 0.25) is 10.0 Å². The standard InChI is InChI=1S/C24H24Cl2N4O/c1-2-30-22(20(26)23(31)28-30)21(17-8-10-19(25)11-9-17)29-14-12-24(16-27,13-15-29)18-6-4-3-5-7-18/h3-11,21H,2,12-15H2,1H3,(H,28,31). The molecule has 0 spiro atoms. The summed E-state index contributed by atoms with van der Waals surface area (Å²) in [7, 11) is 0. The Bertz CT molecular complexity index is 1140. The molecule has 7 heteroatoms. The molecule has 2 heterocycles. The van der Waals surface area contributed by atoms with Gasteiger partial charge in [-0.1, -0.05) is 65.7 Å². The molecule has 1 unspecified atom stereocenters. The van der Waals surface area contributed by atoms with Gasteiger partial charge in [-0.3, -0.25) is 19.5 Å². The van der Waals surface area contributed by atoms with Gasteiger partial charge in [0.05, 0.1) is 23.2 Å². The number of rotatable bonds is 5. The second-order valence-corrected chi connectivity index (χ2v) is 8.75. The molecule has 1 N–H and O–H groups in total. The molecule has 1 saturated heterocycles. The van der Waals surface area contributed by atoms with E-state index in [-0.39, 0.29) is 16.6 Å². The molecular weight excluding hydrogens is 431 g/mol. The highest BCUT2D eigenvalue weighted by atomic mass is 35.5. The normalized spacial score (nSPS) is 17.2. The lowest BCUT2D eigenvalue weighted by molar-refractivity contribution is 0.147. The zero-order valence-corrected chi connectivity index (χ0v) is 18.8. The maximum atomic E-state index is 12.3. The number of nitriles is 1. The Labute approximate surface area is 191 Å². The fraction of sp³-hybridized carbons (Fsp3) is 0.333. The van der Waals surface area contributed by atoms with E-state index in [0.717, 1.165) is 16.8 Å². The van der Waals surface area contributed by atoms with Gasteiger partial charge in [0.25, 0.3) is 5.56 Å². The molecule has 1 atom stereocenters. The predicted octanol–water partition coefficient (Wildman–Crippen LogP) is 5.15. The van der Waals surface area contributed by atoms with Crippen molar-refractivity contribution < 1.29 is 0 Å². The van der Waals surface area contributed by atoms with Crippen molar-refractivity contribution in [2.45, 2.75) is 37.8 Å². The number of halogens is 2. The van der Waals surface area contributed by atoms with E-state index in [1.54, 1.807) is 0 Å². The highest BCUT2D eigenvalue weighted by Crippen LogP contribution is 2.40. The Morgan fingerprint density at radius 3 is 2.32 bits per heavy atom. The van der Waals surface area contributed by atoms with E-state index in [2.05, 4.69) is 16.1 Å². The number of nitrogens with one attached hydrogen (secondary N) is 1. The minimum atomic E-state index is -0.505. The second-order valence-electron chi connectivity index (χ2n) is 7.93. The Morgan fingerprint density at radius 2 is 1.74 bits per heavy atom. The van der Waals surface area contributed by atoms with E-state index >= 15 is 0 Å². The van der Waals surface area contributed by atoms with Crippen LogP contribution in [-0.2, 0) is 12.0 Å². The van der Waals surface area contributed by atoms with Gasteiger partial charge in [0.2, 0.25) is 0 Å². The van der Waals surface area contributed by atoms with Gasteiger partial charge in [0.1, 0.15) is 5.02 Å². The fourth-order valence-corrected chi connectivity index (χ4v) is 4.93. The summed E-state index contributed by atoms with van der Waals surface area (Å²) < 4.78 is 1.81. The first-order chi connectivity index (χ1) is 15.0. The van der Waals surface area contributed by atoms with Crippen molar-refractivity contribution in [3.8, 4) is 6.07 Å². The van der Waals surface area contributed by atoms with E-state index in [9.17, 15) is 10.1 Å². The van der Waals surface area contributed by atoms with E-state index in [4.69, 9.17) is 23.2 Å². The molecule has 0 saturated carbocycles. The summed E-state index contributed by atoms with van der Waals surface area (Å²) in [6.07, 6.45) is 1.41. The van der Waals surface area contributed by atoms with E-state index in [0.29, 0.717) is 37.5 Å². The van der Waals surface area contributed by atoms with Crippen molar-refractivity contribution in [3.63, 3.8) is 0 Å². The average molecular weight is 455 g/mol. The summed E-state index contributed by atoms with van der Waals surface area (Å²) in [4.78, 5) is 14.6. The topological polar surface area (TPSA) is 64.8 Å². The number of aromatic amines is 1. The van der Waals surface area contributed by atoms with Gasteiger partial charge in [-0.2, -0.15) is 5.26 Å². The van der Waals surface area contributed by atoms with Gasteiger partial charge < -0.3 is 0 Å². The second kappa shape index (κ2) is 8.92. The molecule has 0 bridgehead atoms. The smallest absolute Gasteiger partial charge is 0.283 e. The van der Waals surface area contributed by atoms with E-state index in [1.165, 1.54) is 0 Å². The van der Waals surface area contributed by atoms with Crippen molar-refractivity contribution in [2.75, 3.05) is 13.1 Å². The van der Waals surface area contributed by atoms with Crippen molar-refractivity contribution in [1.82, 2.24) is 14.7 Å². The Morgan fingerprint density at radius 1 is 1.10 bits per heavy atom. The van der Waals surface area contributed by atoms with Gasteiger partial charge in [-0.05, 0) is 43.0 Å². The maximum absolute atomic E-state index is 12.3. The van der Waals surface area contributed by atoms with Gasteiger partial charge >= 0.3 is 0 Å². The summed E-state index contributed by atoms with van der Waals surface area (Å²) in [5, 5.41) is 13.8. The highest BCUT2D eigenvalue weighted by molar-refractivity contribution is 6.31. The number of aromatic nitrogens is 2. The van der Waals surface area contributed by atoms with Gasteiger partial charge in [-0.15, -0.1) is 0 Å². The van der Waals surface area contributed by atoms with Crippen molar-refractivity contribution >= 4 is 23.2 Å². The Kier molecular flexibility index (Phi) is 6.24. The molecule has 0 aliphatic carbocycles. The number of hydrogen-bond acceptors (Lipinski definition) is 3. The number of nitrogens with zero attached hydrogens (tertiary/aromatic N) is 3. The maximum Gasteiger partial charge on any atom is 0.283 e. The van der Waals surface area contributed by atoms with Crippen LogP contribution in [0.15, 0.2) is 59.4 Å². The number of benzene rings is 2. The summed E-state index contributed by atoms with van der Waals surface area (Å²) in [6, 6.07) is 20.0. The predicted molar refractivity (Wildman–Crippen MR) is 124 cm³/mol. The van der Waals surface area contributed by atoms with Crippen LogP contribution in [0.4, 0.5) is 0 Å². The molecule has 1 aliphatic rings. The number of aryl methyl sites for hydroxylation is 1. The third-order valence-corrected chi connectivity index (χ3v) is 6.89. The van der Waals surface area contributed by atoms with E-state index in [1.807, 2.05) is 66.2 Å². The van der Waals surface area contributed by atoms with Crippen LogP contribution < -0.4 is 5.56 Å². The SMILES string of the molecule is CCn1[nH]c(=O)c(Cl)c1C(c1ccc(Cl)cc1)N1CCC(C#N)(c2ccccc2)CC1. The van der Waals surface area contributed by atoms with Crippen molar-refractivity contribution in [3.05, 3.63) is 91.8 Å². The first kappa shape index (κ1) is 21.7. The molecule has 0 radical (unpaired) electrons. The van der Waals surface area contributed by atoms with Crippen LogP contribution in [0.1, 0.15) is 42.6 Å². The van der Waals surface area contributed by atoms with Crippen LogP contribution >= 0.6 is 23.2 Å². The molecule has 4 rings (SSSR count). The fourth-order valence-electron chi connectivity index (χ4n) is 4.56. The molecule has 2 aromatic carbocycles. The molecule has 160 valence electrons. The number of piperidine rings is 1. The highest BCUT2D eigenvalue weighted by Gasteiger charge is 2.40. The quantitative estimate of drug-likeness (QED) is 0.579. The molecule has 1 aliphatic heterocycles. The van der Waals surface area contributed by atoms with Crippen LogP contribution in [0.25, 0.3) is 0 Å². The lowest BCUT2D eigenvalue weighted by Gasteiger charge is -2.41. The number of likely N-dealkylation sites (tertiary alicyclic amines) is 1. The first-order valence-corrected chi connectivity index (χ1v) is 11.2. The van der Waals surface area contributed by atoms with Crippen molar-refractivity contribution in [1.29, 1.82) is 5.26 Å². The molecule has 5 nitrogen and oxygen atoms in total. The lowest BCUT2D eigenvalue weighted by atomic mass is 9.73. The summed E-state index contributed by atoms with van der Waals surface area (Å²) in [5.41, 5.74) is 2.03. The monoisotopic (exact) mass is 454 g/mol. The van der Waals surface area contributed by atoms with Crippen LogP contribution in [0, 0.1) is 11.3 Å². The van der Waals surface area contributed by atoms with Crippen molar-refractivity contribution in [2.24, 2.45) is 0 Å². The van der Waals surface area contributed by atoms with E-state index < -0.39 is 5.41 Å².